The first-order valence-electron chi connectivity index (χ1n) is 9.90. The fourth-order valence-electron chi connectivity index (χ4n) is 4.21. The van der Waals surface area contributed by atoms with Crippen LogP contribution >= 0.6 is 0 Å². The minimum atomic E-state index is -1.10. The van der Waals surface area contributed by atoms with Crippen LogP contribution in [-0.2, 0) is 0 Å². The number of pyridine rings is 1. The molecule has 0 aromatic carbocycles. The molecule has 5 rings (SSSR count). The minimum absolute atomic E-state index is 0.111. The molecule has 8 nitrogen and oxygen atoms in total. The van der Waals surface area contributed by atoms with Crippen molar-refractivity contribution in [3.63, 3.8) is 0 Å². The van der Waals surface area contributed by atoms with Crippen molar-refractivity contribution in [3.8, 4) is 17.3 Å². The van der Waals surface area contributed by atoms with Crippen LogP contribution in [0.5, 0.6) is 0 Å². The molecule has 1 aliphatic heterocycles. The number of aromatic nitrogens is 6. The van der Waals surface area contributed by atoms with Gasteiger partial charge in [-0.1, -0.05) is 0 Å². The number of hydrogen-bond donors (Lipinski definition) is 1. The number of hydrogen-bond acceptors (Lipinski definition) is 6. The van der Waals surface area contributed by atoms with Gasteiger partial charge in [-0.2, -0.15) is 19.7 Å². The summed E-state index contributed by atoms with van der Waals surface area (Å²) < 4.78 is 28.6. The van der Waals surface area contributed by atoms with Crippen molar-refractivity contribution in [2.24, 2.45) is 5.92 Å². The molecule has 1 unspecified atom stereocenters. The maximum absolute atomic E-state index is 13.5. The van der Waals surface area contributed by atoms with E-state index in [-0.39, 0.29) is 18.4 Å². The Morgan fingerprint density at radius 2 is 2.16 bits per heavy atom. The molecule has 2 atom stereocenters. The lowest BCUT2D eigenvalue weighted by molar-refractivity contribution is 0.332. The third-order valence-corrected chi connectivity index (χ3v) is 5.75. The van der Waals surface area contributed by atoms with Gasteiger partial charge in [0.1, 0.15) is 17.8 Å². The van der Waals surface area contributed by atoms with Gasteiger partial charge < -0.3 is 9.88 Å². The highest BCUT2D eigenvalue weighted by Crippen LogP contribution is 2.33. The Labute approximate surface area is 176 Å². The van der Waals surface area contributed by atoms with Gasteiger partial charge in [0.15, 0.2) is 5.82 Å². The smallest absolute Gasteiger partial charge is 0.250 e. The molecule has 1 aliphatic rings. The van der Waals surface area contributed by atoms with Crippen molar-refractivity contribution in [1.82, 2.24) is 29.7 Å². The van der Waals surface area contributed by atoms with E-state index in [9.17, 15) is 14.0 Å². The number of rotatable bonds is 5. The van der Waals surface area contributed by atoms with Gasteiger partial charge in [-0.05, 0) is 24.6 Å². The Kier molecular flexibility index (Phi) is 4.78. The predicted molar refractivity (Wildman–Crippen MR) is 109 cm³/mol. The standard InChI is InChI=1S/C21H18F2N8/c22-16-1-2-18(29-20(16)23)30-8-5-13(10-30)17(3-6-24)31-11-14(9-28-31)19-15-4-7-25-21(15)27-12-26-19/h1-2,4,7,9,11-13,17H,3,5,8,10H2,(H,25,26,27)/t13-,17?/m0/s1. The Bertz CT molecular complexity index is 1270. The number of nitrogens with one attached hydrogen (secondary N) is 1. The number of nitrogens with zero attached hydrogens (tertiary/aromatic N) is 7. The number of aromatic amines is 1. The van der Waals surface area contributed by atoms with Crippen LogP contribution in [-0.4, -0.2) is 42.8 Å². The molecular formula is C21H18F2N8. The van der Waals surface area contributed by atoms with Gasteiger partial charge in [0.05, 0.1) is 30.4 Å². The molecule has 1 N–H and O–H groups in total. The molecule has 156 valence electrons. The molecule has 1 saturated heterocycles. The fraction of sp³-hybridized carbons (Fsp3) is 0.286. The van der Waals surface area contributed by atoms with Crippen molar-refractivity contribution in [3.05, 3.63) is 54.9 Å². The van der Waals surface area contributed by atoms with E-state index in [4.69, 9.17) is 0 Å². The zero-order valence-electron chi connectivity index (χ0n) is 16.4. The van der Waals surface area contributed by atoms with Crippen LogP contribution in [0.4, 0.5) is 14.6 Å². The lowest BCUT2D eigenvalue weighted by atomic mass is 9.96. The average Bonchev–Trinajstić information content (AvgIpc) is 3.53. The summed E-state index contributed by atoms with van der Waals surface area (Å²) in [6.45, 7) is 1.23. The van der Waals surface area contributed by atoms with Crippen molar-refractivity contribution in [1.29, 1.82) is 5.26 Å². The second-order valence-electron chi connectivity index (χ2n) is 7.54. The normalized spacial score (nSPS) is 17.2. The molecule has 10 heteroatoms. The highest BCUT2D eigenvalue weighted by atomic mass is 19.2. The van der Waals surface area contributed by atoms with E-state index in [1.54, 1.807) is 6.20 Å². The van der Waals surface area contributed by atoms with Gasteiger partial charge in [0, 0.05) is 42.4 Å². The Morgan fingerprint density at radius 1 is 1.26 bits per heavy atom. The Hall–Kier alpha value is -3.87. The van der Waals surface area contributed by atoms with E-state index in [1.807, 2.05) is 28.0 Å². The lowest BCUT2D eigenvalue weighted by Gasteiger charge is -2.23. The number of halogens is 2. The van der Waals surface area contributed by atoms with Crippen LogP contribution < -0.4 is 4.90 Å². The van der Waals surface area contributed by atoms with Gasteiger partial charge in [-0.15, -0.1) is 0 Å². The molecule has 4 aromatic heterocycles. The summed E-state index contributed by atoms with van der Waals surface area (Å²) in [7, 11) is 0. The fourth-order valence-corrected chi connectivity index (χ4v) is 4.21. The van der Waals surface area contributed by atoms with Crippen LogP contribution in [0.3, 0.4) is 0 Å². The molecule has 0 aliphatic carbocycles. The first kappa shape index (κ1) is 19.1. The zero-order valence-corrected chi connectivity index (χ0v) is 16.4. The third-order valence-electron chi connectivity index (χ3n) is 5.75. The lowest BCUT2D eigenvalue weighted by Crippen LogP contribution is -2.25. The molecule has 4 aromatic rings. The number of anilines is 1. The summed E-state index contributed by atoms with van der Waals surface area (Å²) in [5.41, 5.74) is 2.36. The first-order chi connectivity index (χ1) is 15.1. The van der Waals surface area contributed by atoms with E-state index in [0.29, 0.717) is 18.9 Å². The van der Waals surface area contributed by atoms with E-state index < -0.39 is 11.8 Å². The largest absolute Gasteiger partial charge is 0.356 e. The van der Waals surface area contributed by atoms with Gasteiger partial charge in [-0.3, -0.25) is 4.68 Å². The highest BCUT2D eigenvalue weighted by molar-refractivity contribution is 5.89. The van der Waals surface area contributed by atoms with Gasteiger partial charge in [0.25, 0.3) is 5.95 Å². The Balaban J connectivity index is 1.40. The predicted octanol–water partition coefficient (Wildman–Crippen LogP) is 3.48. The van der Waals surface area contributed by atoms with Gasteiger partial charge >= 0.3 is 0 Å². The summed E-state index contributed by atoms with van der Waals surface area (Å²) in [6, 6.07) is 6.57. The molecule has 0 amide bonds. The maximum atomic E-state index is 13.5. The van der Waals surface area contributed by atoms with Crippen molar-refractivity contribution >= 4 is 16.9 Å². The number of H-pyrrole nitrogens is 1. The summed E-state index contributed by atoms with van der Waals surface area (Å²) in [5.74, 6) is -1.56. The van der Waals surface area contributed by atoms with Gasteiger partial charge in [0.2, 0.25) is 0 Å². The minimum Gasteiger partial charge on any atom is -0.356 e. The zero-order chi connectivity index (χ0) is 21.4. The van der Waals surface area contributed by atoms with Crippen LogP contribution in [0.1, 0.15) is 18.9 Å². The molecule has 0 spiro atoms. The molecule has 5 heterocycles. The molecule has 0 bridgehead atoms. The molecular weight excluding hydrogens is 402 g/mol. The van der Waals surface area contributed by atoms with Crippen LogP contribution in [0.2, 0.25) is 0 Å². The highest BCUT2D eigenvalue weighted by Gasteiger charge is 2.32. The molecule has 0 radical (unpaired) electrons. The molecule has 0 saturated carbocycles. The van der Waals surface area contributed by atoms with Crippen molar-refractivity contribution in [2.45, 2.75) is 18.9 Å². The summed E-state index contributed by atoms with van der Waals surface area (Å²) in [4.78, 5) is 17.3. The summed E-state index contributed by atoms with van der Waals surface area (Å²) in [5, 5.41) is 14.8. The quantitative estimate of drug-likeness (QED) is 0.496. The summed E-state index contributed by atoms with van der Waals surface area (Å²) >= 11 is 0. The number of fused-ring (bicyclic) bond motifs is 1. The van der Waals surface area contributed by atoms with E-state index in [1.165, 1.54) is 12.4 Å². The van der Waals surface area contributed by atoms with Crippen LogP contribution in [0, 0.1) is 29.0 Å². The average molecular weight is 420 g/mol. The first-order valence-corrected chi connectivity index (χ1v) is 9.90. The van der Waals surface area contributed by atoms with E-state index in [2.05, 4.69) is 31.1 Å². The molecule has 1 fully saturated rings. The summed E-state index contributed by atoms with van der Waals surface area (Å²) in [6.07, 6.45) is 8.02. The second-order valence-corrected chi connectivity index (χ2v) is 7.54. The topological polar surface area (TPSA) is 99.3 Å². The molecule has 31 heavy (non-hydrogen) atoms. The SMILES string of the molecule is N#CCC([C@H]1CCN(c2ccc(F)c(F)n2)C1)n1cc(-c2ncnc3[nH]ccc23)cn1. The van der Waals surface area contributed by atoms with Crippen LogP contribution in [0.25, 0.3) is 22.3 Å². The van der Waals surface area contributed by atoms with Crippen molar-refractivity contribution in [2.75, 3.05) is 18.0 Å². The van der Waals surface area contributed by atoms with E-state index >= 15 is 0 Å². The van der Waals surface area contributed by atoms with Gasteiger partial charge in [-0.25, -0.2) is 14.4 Å². The van der Waals surface area contributed by atoms with Crippen LogP contribution in [0.15, 0.2) is 43.1 Å². The maximum Gasteiger partial charge on any atom is 0.250 e. The second kappa shape index (κ2) is 7.75. The monoisotopic (exact) mass is 420 g/mol. The van der Waals surface area contributed by atoms with Crippen molar-refractivity contribution < 1.29 is 8.78 Å². The Morgan fingerprint density at radius 3 is 3.00 bits per heavy atom. The number of nitriles is 1. The van der Waals surface area contributed by atoms with E-state index in [0.717, 1.165) is 34.8 Å². The third kappa shape index (κ3) is 3.48.